The quantitative estimate of drug-likeness (QED) is 0.274. The fourth-order valence-electron chi connectivity index (χ4n) is 2.16. The van der Waals surface area contributed by atoms with Gasteiger partial charge < -0.3 is 55.9 Å². The number of likely N-dealkylation sites (N-methyl/N-ethyl adjacent to an activating group) is 2. The second-order valence-electron chi connectivity index (χ2n) is 5.61. The molecule has 0 aromatic rings. The summed E-state index contributed by atoms with van der Waals surface area (Å²) in [5.41, 5.74) is 0. The fourth-order valence-corrected chi connectivity index (χ4v) is 2.16. The molecule has 2 heterocycles. The molecule has 2 fully saturated rings. The van der Waals surface area contributed by atoms with E-state index in [9.17, 15) is 0 Å². The van der Waals surface area contributed by atoms with Crippen LogP contribution < -0.4 is 46.1 Å². The molecular formula is C14H34Cl2N6Ti2+2. The van der Waals surface area contributed by atoms with Gasteiger partial charge in [-0.15, -0.1) is 0 Å². The van der Waals surface area contributed by atoms with Gasteiger partial charge >= 0.3 is 43.4 Å². The molecule has 0 aromatic heterocycles. The van der Waals surface area contributed by atoms with E-state index < -0.39 is 0 Å². The number of halogens is 2. The van der Waals surface area contributed by atoms with Crippen LogP contribution in [0.25, 0.3) is 0 Å². The van der Waals surface area contributed by atoms with Crippen LogP contribution in [-0.2, 0) is 43.4 Å². The van der Waals surface area contributed by atoms with Gasteiger partial charge in [-0.3, -0.25) is 0 Å². The standard InChI is InChI=1S/2C7H17N3.2ClH.2Ti/c2*1-10-6-4-8-2-3-9-5-7-10;;;;/h2*8-9H,2-7H2,1H3;2*1H;;/q;;;;2*+2/p-2. The Morgan fingerprint density at radius 2 is 0.667 bits per heavy atom. The maximum absolute atomic E-state index is 3.35. The van der Waals surface area contributed by atoms with E-state index >= 15 is 0 Å². The maximum Gasteiger partial charge on any atom is 2.00 e. The summed E-state index contributed by atoms with van der Waals surface area (Å²) in [4.78, 5) is 4.68. The first-order chi connectivity index (χ1) is 9.79. The summed E-state index contributed by atoms with van der Waals surface area (Å²) in [6, 6.07) is 0. The van der Waals surface area contributed by atoms with Gasteiger partial charge in [0.1, 0.15) is 0 Å². The Hall–Kier alpha value is 1.77. The van der Waals surface area contributed by atoms with Crippen molar-refractivity contribution in [2.45, 2.75) is 0 Å². The molecule has 2 aliphatic heterocycles. The summed E-state index contributed by atoms with van der Waals surface area (Å²) < 4.78 is 0. The number of nitrogens with zero attached hydrogens (tertiary/aromatic N) is 2. The van der Waals surface area contributed by atoms with Crippen LogP contribution in [0.1, 0.15) is 0 Å². The topological polar surface area (TPSA) is 54.6 Å². The van der Waals surface area contributed by atoms with Crippen LogP contribution in [-0.4, -0.2) is 102 Å². The molecule has 140 valence electrons. The van der Waals surface area contributed by atoms with Crippen LogP contribution in [0.3, 0.4) is 0 Å². The minimum atomic E-state index is 0. The minimum Gasteiger partial charge on any atom is -1.00 e. The van der Waals surface area contributed by atoms with Gasteiger partial charge in [0, 0.05) is 78.5 Å². The summed E-state index contributed by atoms with van der Waals surface area (Å²) in [7, 11) is 4.32. The SMILES string of the molecule is CN1CCNCCNCC1.CN1CCNCCNCC1.[Cl-].[Cl-].[Ti+2].[Ti+2]. The molecule has 2 aliphatic rings. The Morgan fingerprint density at radius 3 is 0.875 bits per heavy atom. The van der Waals surface area contributed by atoms with Gasteiger partial charge in [0.2, 0.25) is 0 Å². The average molecular weight is 453 g/mol. The number of rotatable bonds is 0. The molecule has 0 bridgehead atoms. The molecule has 10 heteroatoms. The van der Waals surface area contributed by atoms with Crippen molar-refractivity contribution in [1.29, 1.82) is 0 Å². The molecular weight excluding hydrogens is 419 g/mol. The molecule has 2 rings (SSSR count). The van der Waals surface area contributed by atoms with Crippen molar-refractivity contribution in [3.63, 3.8) is 0 Å². The molecule has 0 saturated carbocycles. The van der Waals surface area contributed by atoms with E-state index in [2.05, 4.69) is 45.2 Å². The summed E-state index contributed by atoms with van der Waals surface area (Å²) >= 11 is 0. The molecule has 0 aromatic carbocycles. The average Bonchev–Trinajstić information content (AvgIpc) is 2.63. The first-order valence-electron chi connectivity index (χ1n) is 7.99. The van der Waals surface area contributed by atoms with Crippen LogP contribution in [0.2, 0.25) is 0 Å². The van der Waals surface area contributed by atoms with E-state index in [1.165, 1.54) is 26.2 Å². The zero-order chi connectivity index (χ0) is 14.5. The van der Waals surface area contributed by atoms with Gasteiger partial charge in [-0.1, -0.05) is 0 Å². The Bertz CT molecular complexity index is 191. The zero-order valence-corrected chi connectivity index (χ0v) is 19.8. The smallest absolute Gasteiger partial charge is 1.00 e. The summed E-state index contributed by atoms with van der Waals surface area (Å²) in [6.45, 7) is 13.6. The summed E-state index contributed by atoms with van der Waals surface area (Å²) in [5, 5.41) is 13.4. The van der Waals surface area contributed by atoms with Crippen molar-refractivity contribution in [3.05, 3.63) is 0 Å². The summed E-state index contributed by atoms with van der Waals surface area (Å²) in [6.07, 6.45) is 0. The summed E-state index contributed by atoms with van der Waals surface area (Å²) in [5.74, 6) is 0. The monoisotopic (exact) mass is 452 g/mol. The van der Waals surface area contributed by atoms with E-state index in [1.54, 1.807) is 0 Å². The molecule has 6 nitrogen and oxygen atoms in total. The van der Waals surface area contributed by atoms with Crippen molar-refractivity contribution in [2.75, 3.05) is 92.6 Å². The van der Waals surface area contributed by atoms with Gasteiger partial charge in [0.25, 0.3) is 0 Å². The Kier molecular flexibility index (Phi) is 34.4. The van der Waals surface area contributed by atoms with Gasteiger partial charge in [0.05, 0.1) is 0 Å². The van der Waals surface area contributed by atoms with Crippen molar-refractivity contribution in [2.24, 2.45) is 0 Å². The first-order valence-corrected chi connectivity index (χ1v) is 7.99. The molecule has 4 N–H and O–H groups in total. The third-order valence-corrected chi connectivity index (χ3v) is 3.64. The second kappa shape index (κ2) is 24.8. The first kappa shape index (κ1) is 33.4. The zero-order valence-electron chi connectivity index (χ0n) is 15.1. The van der Waals surface area contributed by atoms with E-state index in [0.717, 1.165) is 52.4 Å². The molecule has 0 unspecified atom stereocenters. The van der Waals surface area contributed by atoms with Crippen LogP contribution >= 0.6 is 0 Å². The van der Waals surface area contributed by atoms with Crippen LogP contribution in [0, 0.1) is 0 Å². The predicted octanol–water partition coefficient (Wildman–Crippen LogP) is -7.78. The van der Waals surface area contributed by atoms with Gasteiger partial charge in [-0.05, 0) is 14.1 Å². The second-order valence-corrected chi connectivity index (χ2v) is 5.61. The van der Waals surface area contributed by atoms with E-state index in [1.807, 2.05) is 0 Å². The largest absolute Gasteiger partial charge is 2.00 e. The normalized spacial score (nSPS) is 20.8. The van der Waals surface area contributed by atoms with Crippen molar-refractivity contribution in [3.8, 4) is 0 Å². The van der Waals surface area contributed by atoms with Gasteiger partial charge in [-0.2, -0.15) is 0 Å². The molecule has 0 atom stereocenters. The van der Waals surface area contributed by atoms with E-state index in [0.29, 0.717) is 0 Å². The van der Waals surface area contributed by atoms with Gasteiger partial charge in [-0.25, -0.2) is 0 Å². The number of nitrogens with one attached hydrogen (secondary N) is 4. The van der Waals surface area contributed by atoms with Crippen molar-refractivity contribution >= 4 is 0 Å². The van der Waals surface area contributed by atoms with Gasteiger partial charge in [0.15, 0.2) is 0 Å². The Balaban J connectivity index is -0.000000143. The van der Waals surface area contributed by atoms with Crippen LogP contribution in [0.15, 0.2) is 0 Å². The number of hydrogen-bond acceptors (Lipinski definition) is 6. The van der Waals surface area contributed by atoms with Crippen molar-refractivity contribution < 1.29 is 68.2 Å². The van der Waals surface area contributed by atoms with Crippen molar-refractivity contribution in [1.82, 2.24) is 31.1 Å². The third kappa shape index (κ3) is 21.8. The maximum atomic E-state index is 3.35. The predicted molar refractivity (Wildman–Crippen MR) is 86.5 cm³/mol. The molecule has 0 aliphatic carbocycles. The third-order valence-electron chi connectivity index (χ3n) is 3.64. The molecule has 24 heavy (non-hydrogen) atoms. The molecule has 0 amide bonds. The Morgan fingerprint density at radius 1 is 0.458 bits per heavy atom. The van der Waals surface area contributed by atoms with E-state index in [-0.39, 0.29) is 68.2 Å². The van der Waals surface area contributed by atoms with Crippen LogP contribution in [0.5, 0.6) is 0 Å². The molecule has 0 spiro atoms. The molecule has 0 radical (unpaired) electrons. The minimum absolute atomic E-state index is 0. The number of hydrogen-bond donors (Lipinski definition) is 4. The van der Waals surface area contributed by atoms with Crippen LogP contribution in [0.4, 0.5) is 0 Å². The van der Waals surface area contributed by atoms with E-state index in [4.69, 9.17) is 0 Å². The fraction of sp³-hybridized carbons (Fsp3) is 1.00. The Labute approximate surface area is 191 Å². The molecule has 2 saturated heterocycles.